The second-order valence-corrected chi connectivity index (χ2v) is 9.03. The Bertz CT molecular complexity index is 903. The number of aliphatic hydroxyl groups excluding tert-OH is 1. The van der Waals surface area contributed by atoms with Gasteiger partial charge in [0.25, 0.3) is 5.91 Å². The third-order valence-corrected chi connectivity index (χ3v) is 6.65. The number of para-hydroxylation sites is 1. The molecule has 0 bridgehead atoms. The van der Waals surface area contributed by atoms with Crippen LogP contribution in [-0.2, 0) is 17.8 Å². The van der Waals surface area contributed by atoms with Gasteiger partial charge in [-0.15, -0.1) is 0 Å². The molecule has 0 radical (unpaired) electrons. The Morgan fingerprint density at radius 3 is 2.84 bits per heavy atom. The van der Waals surface area contributed by atoms with Gasteiger partial charge in [0.05, 0.1) is 6.10 Å². The molecule has 2 aliphatic rings. The molecule has 0 aromatic heterocycles. The van der Waals surface area contributed by atoms with Crippen LogP contribution in [0.15, 0.2) is 48.5 Å². The van der Waals surface area contributed by atoms with Gasteiger partial charge in [-0.1, -0.05) is 42.5 Å². The van der Waals surface area contributed by atoms with Gasteiger partial charge in [-0.25, -0.2) is 0 Å². The second kappa shape index (κ2) is 10.9. The van der Waals surface area contributed by atoms with Gasteiger partial charge in [0.2, 0.25) is 0 Å². The fourth-order valence-electron chi connectivity index (χ4n) is 4.89. The molecule has 2 heterocycles. The molecular formula is C26H35N3O3. The molecule has 3 N–H and O–H groups in total. The molecule has 1 amide bonds. The van der Waals surface area contributed by atoms with E-state index in [0.29, 0.717) is 18.5 Å². The summed E-state index contributed by atoms with van der Waals surface area (Å²) in [7, 11) is 0. The molecule has 32 heavy (non-hydrogen) atoms. The number of piperidine rings is 1. The van der Waals surface area contributed by atoms with Crippen molar-refractivity contribution in [2.75, 3.05) is 32.8 Å². The summed E-state index contributed by atoms with van der Waals surface area (Å²) in [6, 6.07) is 16.8. The molecule has 2 aromatic rings. The van der Waals surface area contributed by atoms with E-state index in [1.54, 1.807) is 0 Å². The van der Waals surface area contributed by atoms with Crippen LogP contribution in [0, 0.1) is 0 Å². The topological polar surface area (TPSA) is 73.8 Å². The molecule has 6 nitrogen and oxygen atoms in total. The maximum Gasteiger partial charge on any atom is 0.258 e. The minimum atomic E-state index is -0.606. The number of fused-ring (bicyclic) bond motifs is 1. The average molecular weight is 438 g/mol. The highest BCUT2D eigenvalue weighted by Gasteiger charge is 2.25. The van der Waals surface area contributed by atoms with Crippen LogP contribution in [0.3, 0.4) is 0 Å². The van der Waals surface area contributed by atoms with Crippen molar-refractivity contribution in [3.63, 3.8) is 0 Å². The largest absolute Gasteiger partial charge is 0.483 e. The van der Waals surface area contributed by atoms with Crippen molar-refractivity contribution < 1.29 is 14.6 Å². The highest BCUT2D eigenvalue weighted by molar-refractivity contribution is 5.77. The van der Waals surface area contributed by atoms with Gasteiger partial charge in [-0.05, 0) is 55.5 Å². The van der Waals surface area contributed by atoms with E-state index in [2.05, 4.69) is 52.8 Å². The maximum absolute atomic E-state index is 12.4. The van der Waals surface area contributed by atoms with Crippen molar-refractivity contribution in [2.45, 2.75) is 50.8 Å². The van der Waals surface area contributed by atoms with E-state index in [1.807, 2.05) is 18.2 Å². The van der Waals surface area contributed by atoms with Crippen LogP contribution in [-0.4, -0.2) is 60.8 Å². The van der Waals surface area contributed by atoms with E-state index in [0.717, 1.165) is 50.2 Å². The fourth-order valence-corrected chi connectivity index (χ4v) is 4.89. The number of carbonyl (C=O) groups excluding carboxylic acids is 1. The number of hydrogen-bond donors (Lipinski definition) is 3. The van der Waals surface area contributed by atoms with Gasteiger partial charge < -0.3 is 20.5 Å². The Hall–Kier alpha value is -2.41. The SMILES string of the molecule is CC1NCCCC1c1ccccc1OCC(=O)NC[C@@H](O)CN1CCc2ccccc2C1. The van der Waals surface area contributed by atoms with Gasteiger partial charge in [0.1, 0.15) is 5.75 Å². The van der Waals surface area contributed by atoms with Crippen molar-refractivity contribution in [3.8, 4) is 5.75 Å². The summed E-state index contributed by atoms with van der Waals surface area (Å²) < 4.78 is 5.89. The fraction of sp³-hybridized carbons (Fsp3) is 0.500. The lowest BCUT2D eigenvalue weighted by Gasteiger charge is -2.31. The normalized spacial score (nSPS) is 22.1. The molecule has 1 fully saturated rings. The number of ether oxygens (including phenoxy) is 1. The first kappa shape index (κ1) is 22.8. The molecule has 1 saturated heterocycles. The third kappa shape index (κ3) is 5.88. The number of carbonyl (C=O) groups is 1. The Balaban J connectivity index is 1.22. The van der Waals surface area contributed by atoms with Crippen molar-refractivity contribution in [1.82, 2.24) is 15.5 Å². The van der Waals surface area contributed by atoms with E-state index >= 15 is 0 Å². The van der Waals surface area contributed by atoms with E-state index in [9.17, 15) is 9.90 Å². The Labute approximate surface area is 191 Å². The van der Waals surface area contributed by atoms with E-state index in [-0.39, 0.29) is 19.1 Å². The Morgan fingerprint density at radius 1 is 1.22 bits per heavy atom. The van der Waals surface area contributed by atoms with Crippen LogP contribution < -0.4 is 15.4 Å². The molecule has 2 unspecified atom stereocenters. The standard InChI is InChI=1S/C26H35N3O3/c1-19-23(10-6-13-27-19)24-9-4-5-11-25(24)32-18-26(31)28-15-22(30)17-29-14-12-20-7-2-3-8-21(20)16-29/h2-5,7-9,11,19,22-23,27,30H,6,10,12-18H2,1H3,(H,28,31)/t19?,22-,23?/m1/s1. The molecule has 0 aliphatic carbocycles. The smallest absolute Gasteiger partial charge is 0.258 e. The zero-order valence-corrected chi connectivity index (χ0v) is 18.9. The lowest BCUT2D eigenvalue weighted by Crippen LogP contribution is -2.43. The van der Waals surface area contributed by atoms with Crippen LogP contribution >= 0.6 is 0 Å². The molecule has 172 valence electrons. The number of hydrogen-bond acceptors (Lipinski definition) is 5. The molecule has 2 aliphatic heterocycles. The third-order valence-electron chi connectivity index (χ3n) is 6.65. The molecule has 0 saturated carbocycles. The molecule has 3 atom stereocenters. The number of amides is 1. The van der Waals surface area contributed by atoms with Crippen molar-refractivity contribution in [3.05, 3.63) is 65.2 Å². The number of β-amino-alcohol motifs (C(OH)–C–C–N with tert-alkyl or cyclic N) is 1. The van der Waals surface area contributed by atoms with Crippen LogP contribution in [0.1, 0.15) is 42.4 Å². The number of rotatable bonds is 8. The summed E-state index contributed by atoms with van der Waals surface area (Å²) in [6.07, 6.45) is 2.65. The van der Waals surface area contributed by atoms with Crippen LogP contribution in [0.5, 0.6) is 5.75 Å². The maximum atomic E-state index is 12.4. The van der Waals surface area contributed by atoms with Gasteiger partial charge in [-0.2, -0.15) is 0 Å². The van der Waals surface area contributed by atoms with Crippen molar-refractivity contribution >= 4 is 5.91 Å². The Kier molecular flexibility index (Phi) is 7.79. The Morgan fingerprint density at radius 2 is 2.00 bits per heavy atom. The summed E-state index contributed by atoms with van der Waals surface area (Å²) in [4.78, 5) is 14.6. The van der Waals surface area contributed by atoms with E-state index < -0.39 is 6.10 Å². The first-order valence-electron chi connectivity index (χ1n) is 11.8. The molecule has 6 heteroatoms. The number of aliphatic hydroxyl groups is 1. The van der Waals surface area contributed by atoms with Gasteiger partial charge in [-0.3, -0.25) is 9.69 Å². The minimum absolute atomic E-state index is 0.0463. The highest BCUT2D eigenvalue weighted by atomic mass is 16.5. The highest BCUT2D eigenvalue weighted by Crippen LogP contribution is 2.34. The number of nitrogens with zero attached hydrogens (tertiary/aromatic N) is 1. The second-order valence-electron chi connectivity index (χ2n) is 9.03. The first-order valence-corrected chi connectivity index (χ1v) is 11.8. The van der Waals surface area contributed by atoms with Gasteiger partial charge in [0, 0.05) is 38.1 Å². The summed E-state index contributed by atoms with van der Waals surface area (Å²) in [5.41, 5.74) is 3.87. The van der Waals surface area contributed by atoms with Gasteiger partial charge in [0.15, 0.2) is 6.61 Å². The molecule has 4 rings (SSSR count). The minimum Gasteiger partial charge on any atom is -0.483 e. The molecule has 2 aromatic carbocycles. The molecular weight excluding hydrogens is 402 g/mol. The zero-order valence-electron chi connectivity index (χ0n) is 18.9. The lowest BCUT2D eigenvalue weighted by atomic mass is 9.85. The van der Waals surface area contributed by atoms with E-state index in [1.165, 1.54) is 11.1 Å². The summed E-state index contributed by atoms with van der Waals surface area (Å²) >= 11 is 0. The average Bonchev–Trinajstić information content (AvgIpc) is 2.82. The van der Waals surface area contributed by atoms with Crippen LogP contribution in [0.4, 0.5) is 0 Å². The first-order chi connectivity index (χ1) is 15.6. The predicted molar refractivity (Wildman–Crippen MR) is 126 cm³/mol. The van der Waals surface area contributed by atoms with Gasteiger partial charge >= 0.3 is 0 Å². The zero-order chi connectivity index (χ0) is 22.3. The predicted octanol–water partition coefficient (Wildman–Crippen LogP) is 2.46. The summed E-state index contributed by atoms with van der Waals surface area (Å²) in [6.45, 7) is 5.75. The van der Waals surface area contributed by atoms with Crippen molar-refractivity contribution in [1.29, 1.82) is 0 Å². The monoisotopic (exact) mass is 437 g/mol. The van der Waals surface area contributed by atoms with Crippen molar-refractivity contribution in [2.24, 2.45) is 0 Å². The summed E-state index contributed by atoms with van der Waals surface area (Å²) in [5, 5.41) is 16.8. The molecule has 0 spiro atoms. The number of nitrogens with one attached hydrogen (secondary N) is 2. The van der Waals surface area contributed by atoms with E-state index in [4.69, 9.17) is 4.74 Å². The van der Waals surface area contributed by atoms with Crippen LogP contribution in [0.2, 0.25) is 0 Å². The van der Waals surface area contributed by atoms with Crippen LogP contribution in [0.25, 0.3) is 0 Å². The lowest BCUT2D eigenvalue weighted by molar-refractivity contribution is -0.123. The number of benzene rings is 2. The summed E-state index contributed by atoms with van der Waals surface area (Å²) in [5.74, 6) is 0.952. The quantitative estimate of drug-likeness (QED) is 0.592.